The highest BCUT2D eigenvalue weighted by Crippen LogP contribution is 2.18. The van der Waals surface area contributed by atoms with E-state index in [0.29, 0.717) is 5.56 Å². The van der Waals surface area contributed by atoms with Crippen molar-refractivity contribution >= 4 is 27.4 Å². The van der Waals surface area contributed by atoms with Crippen LogP contribution in [0.25, 0.3) is 6.08 Å². The van der Waals surface area contributed by atoms with Gasteiger partial charge in [-0.3, -0.25) is 14.9 Å². The molecule has 0 fully saturated rings. The summed E-state index contributed by atoms with van der Waals surface area (Å²) < 4.78 is 23.5. The number of hydrogen-bond donors (Lipinski definition) is 0. The first-order valence-electron chi connectivity index (χ1n) is 5.47. The van der Waals surface area contributed by atoms with Crippen LogP contribution in [-0.4, -0.2) is 24.9 Å². The van der Waals surface area contributed by atoms with Crippen molar-refractivity contribution < 1.29 is 18.1 Å². The van der Waals surface area contributed by atoms with E-state index in [9.17, 15) is 23.3 Å². The Morgan fingerprint density at radius 2 is 2.05 bits per heavy atom. The first kappa shape index (κ1) is 15.0. The molecule has 1 rings (SSSR count). The van der Waals surface area contributed by atoms with E-state index >= 15 is 0 Å². The Morgan fingerprint density at radius 1 is 1.42 bits per heavy atom. The molecule has 19 heavy (non-hydrogen) atoms. The van der Waals surface area contributed by atoms with Crippen LogP contribution in [0.5, 0.6) is 0 Å². The first-order chi connectivity index (χ1) is 8.77. The van der Waals surface area contributed by atoms with Crippen LogP contribution < -0.4 is 0 Å². The molecule has 0 aliphatic heterocycles. The Bertz CT molecular complexity index is 646. The molecule has 0 saturated carbocycles. The molecule has 6 nitrogen and oxygen atoms in total. The van der Waals surface area contributed by atoms with E-state index in [2.05, 4.69) is 0 Å². The molecular formula is C12H13NO5S. The maximum atomic E-state index is 11.7. The number of hydrogen-bond acceptors (Lipinski definition) is 5. The van der Waals surface area contributed by atoms with Gasteiger partial charge in [-0.1, -0.05) is 19.1 Å². The van der Waals surface area contributed by atoms with Crippen molar-refractivity contribution in [1.82, 2.24) is 0 Å². The Morgan fingerprint density at radius 3 is 2.53 bits per heavy atom. The molecule has 0 atom stereocenters. The SMILES string of the molecule is CCS(=O)(=O)C(=Cc1cccc([N+](=O)[O-])c1)C(C)=O. The monoisotopic (exact) mass is 283 g/mol. The van der Waals surface area contributed by atoms with Crippen LogP contribution >= 0.6 is 0 Å². The second-order valence-corrected chi connectivity index (χ2v) is 6.07. The number of benzene rings is 1. The van der Waals surface area contributed by atoms with Crippen LogP contribution in [0.3, 0.4) is 0 Å². The largest absolute Gasteiger partial charge is 0.294 e. The zero-order chi connectivity index (χ0) is 14.6. The summed E-state index contributed by atoms with van der Waals surface area (Å²) in [6.07, 6.45) is 1.16. The topological polar surface area (TPSA) is 94.3 Å². The van der Waals surface area contributed by atoms with Gasteiger partial charge in [0.2, 0.25) is 0 Å². The Kier molecular flexibility index (Phi) is 4.55. The molecule has 0 unspecified atom stereocenters. The molecule has 0 radical (unpaired) electrons. The summed E-state index contributed by atoms with van der Waals surface area (Å²) in [6.45, 7) is 2.58. The summed E-state index contributed by atoms with van der Waals surface area (Å²) in [5.74, 6) is -0.791. The highest BCUT2D eigenvalue weighted by molar-refractivity contribution is 7.96. The molecule has 0 N–H and O–H groups in total. The fraction of sp³-hybridized carbons (Fsp3) is 0.250. The van der Waals surface area contributed by atoms with Crippen molar-refractivity contribution in [1.29, 1.82) is 0 Å². The van der Waals surface area contributed by atoms with Gasteiger partial charge in [-0.15, -0.1) is 0 Å². The standard InChI is InChI=1S/C12H13NO5S/c1-3-19(17,18)12(9(2)14)8-10-5-4-6-11(7-10)13(15)16/h4-8H,3H2,1-2H3. The van der Waals surface area contributed by atoms with Crippen molar-refractivity contribution in [3.8, 4) is 0 Å². The van der Waals surface area contributed by atoms with E-state index in [-0.39, 0.29) is 16.3 Å². The zero-order valence-electron chi connectivity index (χ0n) is 10.5. The molecule has 0 spiro atoms. The van der Waals surface area contributed by atoms with Gasteiger partial charge in [-0.05, 0) is 18.6 Å². The number of Topliss-reactive ketones (excluding diaryl/α,β-unsaturated/α-hetero) is 1. The third-order valence-electron chi connectivity index (χ3n) is 2.44. The number of nitro groups is 1. The summed E-state index contributed by atoms with van der Waals surface area (Å²) >= 11 is 0. The lowest BCUT2D eigenvalue weighted by Crippen LogP contribution is -2.12. The smallest absolute Gasteiger partial charge is 0.270 e. The number of rotatable bonds is 5. The van der Waals surface area contributed by atoms with E-state index in [1.165, 1.54) is 31.2 Å². The molecule has 0 saturated heterocycles. The fourth-order valence-electron chi connectivity index (χ4n) is 1.45. The van der Waals surface area contributed by atoms with E-state index in [4.69, 9.17) is 0 Å². The molecule has 0 amide bonds. The van der Waals surface area contributed by atoms with Crippen molar-refractivity contribution in [2.24, 2.45) is 0 Å². The molecular weight excluding hydrogens is 270 g/mol. The van der Waals surface area contributed by atoms with Gasteiger partial charge in [0, 0.05) is 12.1 Å². The minimum absolute atomic E-state index is 0.162. The third-order valence-corrected chi connectivity index (χ3v) is 4.28. The fourth-order valence-corrected chi connectivity index (χ4v) is 2.51. The third kappa shape index (κ3) is 3.72. The number of carbonyl (C=O) groups is 1. The van der Waals surface area contributed by atoms with Gasteiger partial charge in [0.25, 0.3) is 5.69 Å². The molecule has 0 aliphatic carbocycles. The summed E-state index contributed by atoms with van der Waals surface area (Å²) in [7, 11) is -3.65. The highest BCUT2D eigenvalue weighted by Gasteiger charge is 2.20. The van der Waals surface area contributed by atoms with E-state index in [1.807, 2.05) is 0 Å². The van der Waals surface area contributed by atoms with Gasteiger partial charge in [0.1, 0.15) is 4.91 Å². The van der Waals surface area contributed by atoms with Crippen molar-refractivity contribution in [3.63, 3.8) is 0 Å². The number of non-ortho nitro benzene ring substituents is 1. The van der Waals surface area contributed by atoms with Gasteiger partial charge in [-0.25, -0.2) is 8.42 Å². The zero-order valence-corrected chi connectivity index (χ0v) is 11.3. The van der Waals surface area contributed by atoms with Crippen LogP contribution in [-0.2, 0) is 14.6 Å². The summed E-state index contributed by atoms with van der Waals surface area (Å²) in [4.78, 5) is 21.1. The van der Waals surface area contributed by atoms with Gasteiger partial charge in [-0.2, -0.15) is 0 Å². The number of nitrogens with zero attached hydrogens (tertiary/aromatic N) is 1. The lowest BCUT2D eigenvalue weighted by atomic mass is 10.2. The minimum Gasteiger partial charge on any atom is -0.294 e. The molecule has 7 heteroatoms. The van der Waals surface area contributed by atoms with Crippen LogP contribution in [0.1, 0.15) is 19.4 Å². The quantitative estimate of drug-likeness (QED) is 0.467. The lowest BCUT2D eigenvalue weighted by Gasteiger charge is -2.03. The number of sulfone groups is 1. The van der Waals surface area contributed by atoms with Crippen molar-refractivity contribution in [2.45, 2.75) is 13.8 Å². The first-order valence-corrected chi connectivity index (χ1v) is 7.13. The maximum Gasteiger partial charge on any atom is 0.270 e. The van der Waals surface area contributed by atoms with E-state index in [1.54, 1.807) is 0 Å². The predicted molar refractivity (Wildman–Crippen MR) is 71.2 cm³/mol. The summed E-state index contributed by atoms with van der Waals surface area (Å²) in [5.41, 5.74) is 0.141. The lowest BCUT2D eigenvalue weighted by molar-refractivity contribution is -0.384. The number of ketones is 1. The predicted octanol–water partition coefficient (Wildman–Crippen LogP) is 1.96. The normalized spacial score (nSPS) is 12.2. The van der Waals surface area contributed by atoms with Crippen molar-refractivity contribution in [2.75, 3.05) is 5.75 Å². The average molecular weight is 283 g/mol. The molecule has 1 aromatic rings. The molecule has 1 aromatic carbocycles. The second-order valence-electron chi connectivity index (χ2n) is 3.82. The average Bonchev–Trinajstić information content (AvgIpc) is 2.35. The van der Waals surface area contributed by atoms with Crippen molar-refractivity contribution in [3.05, 3.63) is 44.8 Å². The number of nitro benzene ring substituents is 1. The Hall–Kier alpha value is -2.02. The minimum atomic E-state index is -3.65. The maximum absolute atomic E-state index is 11.7. The van der Waals surface area contributed by atoms with Crippen LogP contribution in [0.4, 0.5) is 5.69 Å². The molecule has 102 valence electrons. The summed E-state index contributed by atoms with van der Waals surface area (Å²) in [5, 5.41) is 10.6. The van der Waals surface area contributed by atoms with Gasteiger partial charge < -0.3 is 0 Å². The van der Waals surface area contributed by atoms with Gasteiger partial charge in [0.15, 0.2) is 15.6 Å². The number of allylic oxidation sites excluding steroid dienone is 1. The number of carbonyl (C=O) groups excluding carboxylic acids is 1. The molecule has 0 aromatic heterocycles. The Labute approximate surface area is 110 Å². The van der Waals surface area contributed by atoms with Crippen LogP contribution in [0.2, 0.25) is 0 Å². The molecule has 0 bridgehead atoms. The van der Waals surface area contributed by atoms with E-state index in [0.717, 1.165) is 13.0 Å². The van der Waals surface area contributed by atoms with Gasteiger partial charge >= 0.3 is 0 Å². The highest BCUT2D eigenvalue weighted by atomic mass is 32.2. The second kappa shape index (κ2) is 5.75. The van der Waals surface area contributed by atoms with Crippen LogP contribution in [0, 0.1) is 10.1 Å². The van der Waals surface area contributed by atoms with Crippen LogP contribution in [0.15, 0.2) is 29.2 Å². The van der Waals surface area contributed by atoms with Gasteiger partial charge in [0.05, 0.1) is 10.7 Å². The molecule has 0 aliphatic rings. The van der Waals surface area contributed by atoms with E-state index < -0.39 is 20.5 Å². The summed E-state index contributed by atoms with van der Waals surface area (Å²) in [6, 6.07) is 5.44. The molecule has 0 heterocycles. The Balaban J connectivity index is 3.36.